The maximum absolute atomic E-state index is 12.2. The molecule has 26 heavy (non-hydrogen) atoms. The summed E-state index contributed by atoms with van der Waals surface area (Å²) in [6, 6.07) is 9.43. The lowest BCUT2D eigenvalue weighted by Gasteiger charge is -2.16. The van der Waals surface area contributed by atoms with E-state index in [1.54, 1.807) is 6.07 Å². The van der Waals surface area contributed by atoms with Gasteiger partial charge in [0.2, 0.25) is 0 Å². The van der Waals surface area contributed by atoms with Crippen molar-refractivity contribution in [2.75, 3.05) is 19.8 Å². The van der Waals surface area contributed by atoms with E-state index < -0.39 is 6.09 Å². The Kier molecular flexibility index (Phi) is 8.06. The molecule has 2 rings (SSSR count). The third-order valence-corrected chi connectivity index (χ3v) is 4.01. The molecule has 0 saturated carbocycles. The predicted octanol–water partition coefficient (Wildman–Crippen LogP) is 5.31. The van der Waals surface area contributed by atoms with Crippen molar-refractivity contribution in [1.29, 1.82) is 0 Å². The molecule has 0 bridgehead atoms. The molecule has 0 fully saturated rings. The van der Waals surface area contributed by atoms with E-state index in [9.17, 15) is 4.79 Å². The van der Waals surface area contributed by atoms with E-state index in [-0.39, 0.29) is 0 Å². The fourth-order valence-electron chi connectivity index (χ4n) is 2.81. The third kappa shape index (κ3) is 5.28. The Morgan fingerprint density at radius 3 is 2.35 bits per heavy atom. The molecule has 0 aliphatic heterocycles. The van der Waals surface area contributed by atoms with Gasteiger partial charge in [-0.3, -0.25) is 0 Å². The van der Waals surface area contributed by atoms with Crippen LogP contribution in [0.5, 0.6) is 17.2 Å². The van der Waals surface area contributed by atoms with Crippen LogP contribution in [0.25, 0.3) is 10.8 Å². The Balaban J connectivity index is 2.20. The Hall–Kier alpha value is -2.43. The molecule has 0 aliphatic carbocycles. The summed E-state index contributed by atoms with van der Waals surface area (Å²) in [5, 5.41) is 4.50. The summed E-state index contributed by atoms with van der Waals surface area (Å²) in [6.45, 7) is 7.65. The zero-order valence-electron chi connectivity index (χ0n) is 16.0. The molecule has 0 heterocycles. The van der Waals surface area contributed by atoms with Gasteiger partial charge in [-0.25, -0.2) is 4.79 Å². The number of ether oxygens (including phenoxy) is 3. The van der Waals surface area contributed by atoms with E-state index >= 15 is 0 Å². The first-order valence-electron chi connectivity index (χ1n) is 9.48. The number of nitrogens with one attached hydrogen (secondary N) is 1. The van der Waals surface area contributed by atoms with E-state index in [2.05, 4.69) is 12.2 Å². The average molecular weight is 359 g/mol. The molecular weight excluding hydrogens is 330 g/mol. The van der Waals surface area contributed by atoms with Gasteiger partial charge in [-0.1, -0.05) is 50.5 Å². The van der Waals surface area contributed by atoms with E-state index in [0.29, 0.717) is 37.0 Å². The molecule has 2 aromatic carbocycles. The number of fused-ring (bicyclic) bond motifs is 1. The van der Waals surface area contributed by atoms with Crippen molar-refractivity contribution in [2.24, 2.45) is 0 Å². The van der Waals surface area contributed by atoms with Gasteiger partial charge < -0.3 is 19.5 Å². The van der Waals surface area contributed by atoms with E-state index in [1.165, 1.54) is 12.8 Å². The van der Waals surface area contributed by atoms with Crippen LogP contribution in [-0.4, -0.2) is 25.9 Å². The van der Waals surface area contributed by atoms with Gasteiger partial charge in [0, 0.05) is 23.4 Å². The molecule has 142 valence electrons. The van der Waals surface area contributed by atoms with Gasteiger partial charge in [0.15, 0.2) is 11.5 Å². The summed E-state index contributed by atoms with van der Waals surface area (Å²) in [4.78, 5) is 12.2. The monoisotopic (exact) mass is 359 g/mol. The fraction of sp³-hybridized carbons (Fsp3) is 0.476. The lowest BCUT2D eigenvalue weighted by atomic mass is 10.1. The number of unbranched alkanes of at least 4 members (excludes halogenated alkanes) is 3. The second-order valence-corrected chi connectivity index (χ2v) is 5.99. The van der Waals surface area contributed by atoms with Crippen LogP contribution in [0.2, 0.25) is 0 Å². The lowest BCUT2D eigenvalue weighted by molar-refractivity contribution is 0.200. The Morgan fingerprint density at radius 2 is 1.65 bits per heavy atom. The van der Waals surface area contributed by atoms with Gasteiger partial charge in [0.05, 0.1) is 13.2 Å². The number of hydrogen-bond acceptors (Lipinski definition) is 4. The lowest BCUT2D eigenvalue weighted by Crippen LogP contribution is -2.27. The summed E-state index contributed by atoms with van der Waals surface area (Å²) in [7, 11) is 0. The zero-order valence-corrected chi connectivity index (χ0v) is 16.0. The van der Waals surface area contributed by atoms with Crippen LogP contribution >= 0.6 is 0 Å². The summed E-state index contributed by atoms with van der Waals surface area (Å²) in [5.41, 5.74) is 0. The van der Waals surface area contributed by atoms with Gasteiger partial charge in [-0.05, 0) is 20.3 Å². The van der Waals surface area contributed by atoms with Crippen molar-refractivity contribution in [3.63, 3.8) is 0 Å². The summed E-state index contributed by atoms with van der Waals surface area (Å²) < 4.78 is 17.1. The molecule has 1 N–H and O–H groups in total. The second kappa shape index (κ2) is 10.5. The molecule has 5 nitrogen and oxygen atoms in total. The molecule has 5 heteroatoms. The molecule has 0 saturated heterocycles. The molecule has 1 amide bonds. The van der Waals surface area contributed by atoms with Crippen LogP contribution < -0.4 is 19.5 Å². The van der Waals surface area contributed by atoms with Crippen LogP contribution in [0.4, 0.5) is 4.79 Å². The Bertz CT molecular complexity index is 714. The van der Waals surface area contributed by atoms with E-state index in [0.717, 1.165) is 23.6 Å². The molecule has 0 spiro atoms. The molecule has 0 unspecified atom stereocenters. The highest BCUT2D eigenvalue weighted by Crippen LogP contribution is 2.41. The van der Waals surface area contributed by atoms with Gasteiger partial charge in [-0.15, -0.1) is 0 Å². The van der Waals surface area contributed by atoms with Crippen LogP contribution in [0.3, 0.4) is 0 Å². The predicted molar refractivity (Wildman–Crippen MR) is 104 cm³/mol. The smallest absolute Gasteiger partial charge is 0.412 e. The first-order chi connectivity index (χ1) is 12.7. The maximum Gasteiger partial charge on any atom is 0.412 e. The minimum absolute atomic E-state index is 0.446. The fourth-order valence-corrected chi connectivity index (χ4v) is 2.81. The molecule has 0 aliphatic rings. The highest BCUT2D eigenvalue weighted by Gasteiger charge is 2.17. The van der Waals surface area contributed by atoms with Gasteiger partial charge in [0.1, 0.15) is 5.75 Å². The SMILES string of the molecule is CCCCCCNC(=O)Oc1cc(OCC)c(OCC)c2ccccc12. The third-order valence-electron chi connectivity index (χ3n) is 4.01. The minimum atomic E-state index is -0.446. The maximum atomic E-state index is 12.2. The standard InChI is InChI=1S/C21H29NO4/c1-4-7-8-11-14-22-21(23)26-18-15-19(24-5-2)20(25-6-3)17-13-10-9-12-16(17)18/h9-10,12-13,15H,4-8,11,14H2,1-3H3,(H,22,23). The van der Waals surface area contributed by atoms with Crippen LogP contribution in [0.15, 0.2) is 30.3 Å². The summed E-state index contributed by atoms with van der Waals surface area (Å²) in [6.07, 6.45) is 3.97. The number of rotatable bonds is 10. The molecular formula is C21H29NO4. The summed E-state index contributed by atoms with van der Waals surface area (Å²) >= 11 is 0. The molecule has 0 aromatic heterocycles. The number of amides is 1. The normalized spacial score (nSPS) is 10.6. The van der Waals surface area contributed by atoms with E-state index in [1.807, 2.05) is 38.1 Å². The van der Waals surface area contributed by atoms with Crippen molar-refractivity contribution < 1.29 is 19.0 Å². The average Bonchev–Trinajstić information content (AvgIpc) is 2.64. The summed E-state index contributed by atoms with van der Waals surface area (Å²) in [5.74, 6) is 1.73. The molecule has 0 atom stereocenters. The van der Waals surface area contributed by atoms with Crippen LogP contribution in [-0.2, 0) is 0 Å². The van der Waals surface area contributed by atoms with Gasteiger partial charge in [-0.2, -0.15) is 0 Å². The first kappa shape index (κ1) is 19.9. The van der Waals surface area contributed by atoms with Crippen molar-refractivity contribution in [1.82, 2.24) is 5.32 Å². The Labute approximate surface area is 155 Å². The zero-order chi connectivity index (χ0) is 18.8. The highest BCUT2D eigenvalue weighted by atomic mass is 16.6. The van der Waals surface area contributed by atoms with Crippen molar-refractivity contribution in [3.8, 4) is 17.2 Å². The molecule has 0 radical (unpaired) electrons. The largest absolute Gasteiger partial charge is 0.490 e. The van der Waals surface area contributed by atoms with Gasteiger partial charge in [0.25, 0.3) is 0 Å². The van der Waals surface area contributed by atoms with Crippen molar-refractivity contribution >= 4 is 16.9 Å². The van der Waals surface area contributed by atoms with Gasteiger partial charge >= 0.3 is 6.09 Å². The van der Waals surface area contributed by atoms with Crippen molar-refractivity contribution in [2.45, 2.75) is 46.5 Å². The Morgan fingerprint density at radius 1 is 0.923 bits per heavy atom. The van der Waals surface area contributed by atoms with Crippen molar-refractivity contribution in [3.05, 3.63) is 30.3 Å². The first-order valence-corrected chi connectivity index (χ1v) is 9.48. The minimum Gasteiger partial charge on any atom is -0.490 e. The van der Waals surface area contributed by atoms with Crippen LogP contribution in [0.1, 0.15) is 46.5 Å². The number of carbonyl (C=O) groups excluding carboxylic acids is 1. The number of hydrogen-bond donors (Lipinski definition) is 1. The molecule has 2 aromatic rings. The highest BCUT2D eigenvalue weighted by molar-refractivity contribution is 5.96. The van der Waals surface area contributed by atoms with E-state index in [4.69, 9.17) is 14.2 Å². The topological polar surface area (TPSA) is 56.8 Å². The number of benzene rings is 2. The second-order valence-electron chi connectivity index (χ2n) is 5.99. The number of carbonyl (C=O) groups is 1. The quantitative estimate of drug-likeness (QED) is 0.584. The van der Waals surface area contributed by atoms with Crippen LogP contribution in [0, 0.1) is 0 Å².